The van der Waals surface area contributed by atoms with Crippen LogP contribution >= 0.6 is 0 Å². The van der Waals surface area contributed by atoms with E-state index in [4.69, 9.17) is 9.84 Å². The maximum Gasteiger partial charge on any atom is 0.339 e. The first-order valence-electron chi connectivity index (χ1n) is 10.6. The Morgan fingerprint density at radius 3 is 2.06 bits per heavy atom. The van der Waals surface area contributed by atoms with Gasteiger partial charge in [0, 0.05) is 17.3 Å². The van der Waals surface area contributed by atoms with Crippen LogP contribution in [0.4, 0.5) is 10.5 Å². The lowest BCUT2D eigenvalue weighted by atomic mass is 10.1. The number of imide groups is 2. The van der Waals surface area contributed by atoms with E-state index in [9.17, 15) is 14.4 Å². The first-order valence-corrected chi connectivity index (χ1v) is 10.6. The highest BCUT2D eigenvalue weighted by Crippen LogP contribution is 2.29. The topological polar surface area (TPSA) is 84.7 Å². The first-order chi connectivity index (χ1) is 16.6. The van der Waals surface area contributed by atoms with Crippen molar-refractivity contribution in [2.45, 2.75) is 6.54 Å². The number of hydrogen-bond acceptors (Lipinski definition) is 5. The maximum atomic E-state index is 13.2. The lowest BCUT2D eigenvalue weighted by Gasteiger charge is -2.16. The molecule has 1 aliphatic heterocycles. The fourth-order valence-corrected chi connectivity index (χ4v) is 3.85. The summed E-state index contributed by atoms with van der Waals surface area (Å²) < 4.78 is 6.83. The monoisotopic (exact) mass is 452 g/mol. The van der Waals surface area contributed by atoms with E-state index in [2.05, 4.69) is 0 Å². The summed E-state index contributed by atoms with van der Waals surface area (Å²) in [5, 5.41) is 4.71. The summed E-state index contributed by atoms with van der Waals surface area (Å²) in [6, 6.07) is 24.7. The number of anilines is 1. The number of para-hydroxylation sites is 1. The van der Waals surface area contributed by atoms with Crippen molar-refractivity contribution in [3.05, 3.63) is 96.7 Å². The summed E-state index contributed by atoms with van der Waals surface area (Å²) in [4.78, 5) is 40.5. The minimum atomic E-state index is -0.896. The van der Waals surface area contributed by atoms with Crippen LogP contribution < -0.4 is 9.64 Å². The quantitative estimate of drug-likeness (QED) is 0.326. The molecule has 3 aromatic carbocycles. The van der Waals surface area contributed by atoms with Gasteiger partial charge in [-0.3, -0.25) is 14.5 Å². The van der Waals surface area contributed by atoms with Crippen LogP contribution in [0.5, 0.6) is 5.75 Å². The highest BCUT2D eigenvalue weighted by molar-refractivity contribution is 6.52. The van der Waals surface area contributed by atoms with Crippen molar-refractivity contribution in [2.75, 3.05) is 12.0 Å². The Labute approximate surface area is 195 Å². The molecule has 0 bridgehead atoms. The fourth-order valence-electron chi connectivity index (χ4n) is 3.85. The average molecular weight is 452 g/mol. The summed E-state index contributed by atoms with van der Waals surface area (Å²) in [5.41, 5.74) is 3.24. The number of rotatable bonds is 6. The Hall–Kier alpha value is -4.72. The lowest BCUT2D eigenvalue weighted by molar-refractivity contribution is -0.139. The van der Waals surface area contributed by atoms with Gasteiger partial charge < -0.3 is 4.74 Å². The van der Waals surface area contributed by atoms with Crippen molar-refractivity contribution >= 4 is 23.5 Å². The zero-order chi connectivity index (χ0) is 23.7. The SMILES string of the molecule is COc1ccc(N2C(=O)C(=O)N(Cc3cn(-c4ccccc4)nc3-c3ccccc3)C2=O)cc1. The van der Waals surface area contributed by atoms with Gasteiger partial charge in [0.15, 0.2) is 0 Å². The minimum absolute atomic E-state index is 0.0902. The molecule has 4 amide bonds. The van der Waals surface area contributed by atoms with Gasteiger partial charge in [-0.1, -0.05) is 48.5 Å². The van der Waals surface area contributed by atoms with Gasteiger partial charge in [0.05, 0.1) is 30.7 Å². The Morgan fingerprint density at radius 1 is 0.765 bits per heavy atom. The molecule has 0 atom stereocenters. The minimum Gasteiger partial charge on any atom is -0.497 e. The van der Waals surface area contributed by atoms with E-state index >= 15 is 0 Å². The molecule has 168 valence electrons. The average Bonchev–Trinajstić information content (AvgIpc) is 3.40. The third-order valence-corrected chi connectivity index (χ3v) is 5.57. The second kappa shape index (κ2) is 8.67. The molecular formula is C26H20N4O4. The molecule has 8 heteroatoms. The fraction of sp³-hybridized carbons (Fsp3) is 0.0769. The zero-order valence-electron chi connectivity index (χ0n) is 18.3. The Kier molecular flexibility index (Phi) is 5.39. The molecule has 1 fully saturated rings. The van der Waals surface area contributed by atoms with E-state index in [0.29, 0.717) is 22.7 Å². The predicted octanol–water partition coefficient (Wildman–Crippen LogP) is 4.04. The number of aromatic nitrogens is 2. The van der Waals surface area contributed by atoms with Crippen molar-refractivity contribution < 1.29 is 19.1 Å². The molecule has 1 aliphatic rings. The summed E-state index contributed by atoms with van der Waals surface area (Å²) in [6.07, 6.45) is 1.78. The van der Waals surface area contributed by atoms with Crippen molar-refractivity contribution in [2.24, 2.45) is 0 Å². The molecule has 4 aromatic rings. The molecule has 0 radical (unpaired) electrons. The maximum absolute atomic E-state index is 13.2. The van der Waals surface area contributed by atoms with Crippen molar-refractivity contribution in [1.29, 1.82) is 0 Å². The van der Waals surface area contributed by atoms with Gasteiger partial charge in [0.25, 0.3) is 0 Å². The standard InChI is InChI=1S/C26H20N4O4/c1-34-22-14-12-21(13-15-22)30-25(32)24(31)28(26(30)33)16-19-17-29(20-10-6-3-7-11-20)27-23(19)18-8-4-2-5-9-18/h2-15,17H,16H2,1H3. The molecule has 5 rings (SSSR count). The summed E-state index contributed by atoms with van der Waals surface area (Å²) >= 11 is 0. The van der Waals surface area contributed by atoms with Gasteiger partial charge in [-0.2, -0.15) is 5.10 Å². The van der Waals surface area contributed by atoms with E-state index in [1.54, 1.807) is 35.1 Å². The number of nitrogens with zero attached hydrogens (tertiary/aromatic N) is 4. The van der Waals surface area contributed by atoms with Crippen LogP contribution in [0.25, 0.3) is 16.9 Å². The number of carbonyl (C=O) groups excluding carboxylic acids is 3. The van der Waals surface area contributed by atoms with Gasteiger partial charge in [0.2, 0.25) is 0 Å². The van der Waals surface area contributed by atoms with Gasteiger partial charge in [-0.15, -0.1) is 0 Å². The number of benzene rings is 3. The van der Waals surface area contributed by atoms with Crippen LogP contribution in [-0.2, 0) is 16.1 Å². The number of urea groups is 1. The van der Waals surface area contributed by atoms with Gasteiger partial charge in [0.1, 0.15) is 5.75 Å². The Morgan fingerprint density at radius 2 is 1.41 bits per heavy atom. The van der Waals surface area contributed by atoms with Crippen LogP contribution in [0.3, 0.4) is 0 Å². The molecule has 1 aromatic heterocycles. The number of hydrogen-bond donors (Lipinski definition) is 0. The zero-order valence-corrected chi connectivity index (χ0v) is 18.3. The molecular weight excluding hydrogens is 432 g/mol. The second-order valence-electron chi connectivity index (χ2n) is 7.66. The Bertz CT molecular complexity index is 1370. The highest BCUT2D eigenvalue weighted by atomic mass is 16.5. The summed E-state index contributed by atoms with van der Waals surface area (Å²) in [5.74, 6) is -1.20. The number of ether oxygens (including phenoxy) is 1. The Balaban J connectivity index is 1.50. The predicted molar refractivity (Wildman–Crippen MR) is 125 cm³/mol. The van der Waals surface area contributed by atoms with Crippen molar-refractivity contribution in [3.8, 4) is 22.7 Å². The molecule has 0 N–H and O–H groups in total. The molecule has 0 aliphatic carbocycles. The van der Waals surface area contributed by atoms with Crippen LogP contribution in [0.1, 0.15) is 5.56 Å². The molecule has 2 heterocycles. The molecule has 1 saturated heterocycles. The van der Waals surface area contributed by atoms with E-state index in [1.165, 1.54) is 7.11 Å². The third kappa shape index (κ3) is 3.71. The second-order valence-corrected chi connectivity index (χ2v) is 7.66. The van der Waals surface area contributed by atoms with Gasteiger partial charge in [-0.05, 0) is 36.4 Å². The van der Waals surface area contributed by atoms with Crippen LogP contribution in [0.15, 0.2) is 91.1 Å². The normalized spacial score (nSPS) is 13.6. The van der Waals surface area contributed by atoms with Crippen LogP contribution in [0.2, 0.25) is 0 Å². The number of carbonyl (C=O) groups is 3. The molecule has 0 saturated carbocycles. The molecule has 0 spiro atoms. The largest absolute Gasteiger partial charge is 0.497 e. The van der Waals surface area contributed by atoms with Crippen molar-refractivity contribution in [3.63, 3.8) is 0 Å². The van der Waals surface area contributed by atoms with E-state index in [0.717, 1.165) is 21.1 Å². The number of methoxy groups -OCH3 is 1. The smallest absolute Gasteiger partial charge is 0.339 e. The third-order valence-electron chi connectivity index (χ3n) is 5.57. The van der Waals surface area contributed by atoms with Crippen LogP contribution in [-0.4, -0.2) is 39.6 Å². The van der Waals surface area contributed by atoms with E-state index in [-0.39, 0.29) is 6.54 Å². The van der Waals surface area contributed by atoms with E-state index in [1.807, 2.05) is 60.7 Å². The van der Waals surface area contributed by atoms with Gasteiger partial charge >= 0.3 is 17.8 Å². The summed E-state index contributed by atoms with van der Waals surface area (Å²) in [6.45, 7) is -0.0902. The number of amides is 4. The van der Waals surface area contributed by atoms with E-state index < -0.39 is 17.8 Å². The van der Waals surface area contributed by atoms with Crippen LogP contribution in [0, 0.1) is 0 Å². The first kappa shape index (κ1) is 21.1. The summed E-state index contributed by atoms with van der Waals surface area (Å²) in [7, 11) is 1.52. The highest BCUT2D eigenvalue weighted by Gasteiger charge is 2.45. The van der Waals surface area contributed by atoms with Crippen molar-refractivity contribution in [1.82, 2.24) is 14.7 Å². The molecule has 8 nitrogen and oxygen atoms in total. The molecule has 0 unspecified atom stereocenters. The lowest BCUT2D eigenvalue weighted by Crippen LogP contribution is -2.33. The van der Waals surface area contributed by atoms with Gasteiger partial charge in [-0.25, -0.2) is 14.4 Å². The molecule has 34 heavy (non-hydrogen) atoms.